The summed E-state index contributed by atoms with van der Waals surface area (Å²) in [5.41, 5.74) is 0.902. The molecular weight excluding hydrogens is 364 g/mol. The van der Waals surface area contributed by atoms with Crippen molar-refractivity contribution < 1.29 is 9.21 Å². The highest BCUT2D eigenvalue weighted by Gasteiger charge is 2.14. The third-order valence-corrected chi connectivity index (χ3v) is 4.66. The maximum absolute atomic E-state index is 12.1. The van der Waals surface area contributed by atoms with Gasteiger partial charge in [0.2, 0.25) is 0 Å². The molecule has 6 heteroatoms. The largest absolute Gasteiger partial charge is 0.444 e. The molecular formula is C16H9BrN2O2S. The van der Waals surface area contributed by atoms with Crippen molar-refractivity contribution in [2.75, 3.05) is 5.32 Å². The number of halogens is 1. The summed E-state index contributed by atoms with van der Waals surface area (Å²) < 4.78 is 6.80. The molecule has 4 aromatic rings. The molecule has 1 N–H and O–H groups in total. The maximum Gasteiger partial charge on any atom is 0.293 e. The van der Waals surface area contributed by atoms with Crippen LogP contribution in [0.15, 0.2) is 57.6 Å². The first-order chi connectivity index (χ1) is 10.7. The highest BCUT2D eigenvalue weighted by atomic mass is 79.9. The average molecular weight is 373 g/mol. The lowest BCUT2D eigenvalue weighted by Crippen LogP contribution is -2.10. The molecule has 2 aromatic carbocycles. The molecule has 0 saturated carbocycles. The van der Waals surface area contributed by atoms with Gasteiger partial charge in [0.05, 0.1) is 10.2 Å². The first-order valence-corrected chi connectivity index (χ1v) is 8.17. The lowest BCUT2D eigenvalue weighted by atomic mass is 10.1. The van der Waals surface area contributed by atoms with Crippen LogP contribution in [0.5, 0.6) is 0 Å². The number of benzene rings is 2. The lowest BCUT2D eigenvalue weighted by molar-refractivity contribution is 0.0995. The Hall–Kier alpha value is -2.18. The van der Waals surface area contributed by atoms with Crippen LogP contribution >= 0.6 is 27.3 Å². The second-order valence-electron chi connectivity index (χ2n) is 4.71. The fraction of sp³-hybridized carbons (Fsp3) is 0. The molecule has 0 aliphatic rings. The molecule has 0 bridgehead atoms. The Labute approximate surface area is 137 Å². The molecule has 108 valence electrons. The highest BCUT2D eigenvalue weighted by molar-refractivity contribution is 9.10. The Kier molecular flexibility index (Phi) is 3.20. The van der Waals surface area contributed by atoms with E-state index >= 15 is 0 Å². The van der Waals surface area contributed by atoms with Crippen molar-refractivity contribution in [1.29, 1.82) is 0 Å². The van der Waals surface area contributed by atoms with E-state index in [-0.39, 0.29) is 11.7 Å². The number of nitrogens with one attached hydrogen (secondary N) is 1. The number of carbonyl (C=O) groups is 1. The number of nitrogens with zero attached hydrogens (tertiary/aromatic N) is 1. The lowest BCUT2D eigenvalue weighted by Gasteiger charge is -1.97. The molecule has 0 unspecified atom stereocenters. The van der Waals surface area contributed by atoms with Gasteiger partial charge in [-0.1, -0.05) is 41.7 Å². The van der Waals surface area contributed by atoms with E-state index in [0.717, 1.165) is 21.0 Å². The van der Waals surface area contributed by atoms with Gasteiger partial charge in [0.25, 0.3) is 5.91 Å². The molecule has 4 nitrogen and oxygen atoms in total. The number of carbonyl (C=O) groups excluding carboxylic acids is 1. The SMILES string of the molecule is O=C(Nc1nc2c(ccc3ccccc32)s1)c1ccc(Br)o1. The standard InChI is InChI=1S/C16H9BrN2O2S/c17-13-8-6-11(21-13)15(20)19-16-18-14-10-4-2-1-3-9(10)5-7-12(14)22-16/h1-8H,(H,18,19,20). The number of aromatic nitrogens is 1. The molecule has 0 atom stereocenters. The van der Waals surface area contributed by atoms with Crippen molar-refractivity contribution in [1.82, 2.24) is 4.98 Å². The van der Waals surface area contributed by atoms with E-state index in [1.165, 1.54) is 11.3 Å². The zero-order valence-corrected chi connectivity index (χ0v) is 13.6. The smallest absolute Gasteiger partial charge is 0.293 e. The second kappa shape index (κ2) is 5.23. The number of thiazole rings is 1. The van der Waals surface area contributed by atoms with E-state index in [1.807, 2.05) is 30.3 Å². The summed E-state index contributed by atoms with van der Waals surface area (Å²) in [6.45, 7) is 0. The fourth-order valence-electron chi connectivity index (χ4n) is 2.31. The Morgan fingerprint density at radius 2 is 2.00 bits per heavy atom. The molecule has 1 amide bonds. The van der Waals surface area contributed by atoms with Crippen LogP contribution in [0.3, 0.4) is 0 Å². The number of amides is 1. The summed E-state index contributed by atoms with van der Waals surface area (Å²) in [6.07, 6.45) is 0. The van der Waals surface area contributed by atoms with Gasteiger partial charge in [-0.05, 0) is 39.5 Å². The molecule has 4 rings (SSSR count). The third-order valence-electron chi connectivity index (χ3n) is 3.30. The summed E-state index contributed by atoms with van der Waals surface area (Å²) in [7, 11) is 0. The van der Waals surface area contributed by atoms with Crippen LogP contribution in [-0.4, -0.2) is 10.9 Å². The molecule has 0 spiro atoms. The summed E-state index contributed by atoms with van der Waals surface area (Å²) in [6, 6.07) is 15.4. The molecule has 22 heavy (non-hydrogen) atoms. The van der Waals surface area contributed by atoms with Gasteiger partial charge in [-0.3, -0.25) is 10.1 Å². The summed E-state index contributed by atoms with van der Waals surface area (Å²) in [4.78, 5) is 16.7. The van der Waals surface area contributed by atoms with Crippen LogP contribution in [0.4, 0.5) is 5.13 Å². The first kappa shape index (κ1) is 13.5. The molecule has 2 heterocycles. The van der Waals surface area contributed by atoms with Crippen LogP contribution in [0.2, 0.25) is 0 Å². The van der Waals surface area contributed by atoms with E-state index < -0.39 is 0 Å². The Morgan fingerprint density at radius 3 is 2.82 bits per heavy atom. The van der Waals surface area contributed by atoms with Gasteiger partial charge in [0, 0.05) is 5.39 Å². The molecule has 0 aliphatic heterocycles. The molecule has 0 fully saturated rings. The maximum atomic E-state index is 12.1. The summed E-state index contributed by atoms with van der Waals surface area (Å²) in [5.74, 6) is -0.0648. The summed E-state index contributed by atoms with van der Waals surface area (Å²) in [5, 5.41) is 5.55. The van der Waals surface area contributed by atoms with Crippen molar-refractivity contribution >= 4 is 59.3 Å². The predicted molar refractivity (Wildman–Crippen MR) is 91.5 cm³/mol. The number of rotatable bonds is 2. The monoisotopic (exact) mass is 372 g/mol. The Bertz CT molecular complexity index is 1010. The predicted octanol–water partition coefficient (Wildman–Crippen LogP) is 5.06. The van der Waals surface area contributed by atoms with Gasteiger partial charge in [-0.2, -0.15) is 0 Å². The van der Waals surface area contributed by atoms with Gasteiger partial charge in [0.1, 0.15) is 0 Å². The van der Waals surface area contributed by atoms with Gasteiger partial charge < -0.3 is 4.42 Å². The van der Waals surface area contributed by atoms with Crippen LogP contribution < -0.4 is 5.32 Å². The van der Waals surface area contributed by atoms with Gasteiger partial charge >= 0.3 is 0 Å². The zero-order chi connectivity index (χ0) is 15.1. The van der Waals surface area contributed by atoms with Crippen molar-refractivity contribution in [3.8, 4) is 0 Å². The van der Waals surface area contributed by atoms with E-state index in [2.05, 4.69) is 32.3 Å². The molecule has 0 radical (unpaired) electrons. The minimum absolute atomic E-state index is 0.246. The quantitative estimate of drug-likeness (QED) is 0.535. The van der Waals surface area contributed by atoms with E-state index in [0.29, 0.717) is 9.80 Å². The number of fused-ring (bicyclic) bond motifs is 3. The highest BCUT2D eigenvalue weighted by Crippen LogP contribution is 2.31. The number of hydrogen-bond acceptors (Lipinski definition) is 4. The third kappa shape index (κ3) is 2.30. The van der Waals surface area contributed by atoms with Crippen molar-refractivity contribution in [2.24, 2.45) is 0 Å². The van der Waals surface area contributed by atoms with E-state index in [4.69, 9.17) is 4.42 Å². The number of anilines is 1. The zero-order valence-electron chi connectivity index (χ0n) is 11.2. The molecule has 0 saturated heterocycles. The second-order valence-corrected chi connectivity index (χ2v) is 6.52. The summed E-state index contributed by atoms with van der Waals surface area (Å²) >= 11 is 4.63. The normalized spacial score (nSPS) is 11.1. The van der Waals surface area contributed by atoms with Crippen LogP contribution in [0, 0.1) is 0 Å². The first-order valence-electron chi connectivity index (χ1n) is 6.56. The van der Waals surface area contributed by atoms with Gasteiger partial charge in [-0.15, -0.1) is 0 Å². The van der Waals surface area contributed by atoms with E-state index in [1.54, 1.807) is 12.1 Å². The van der Waals surface area contributed by atoms with Crippen molar-refractivity contribution in [3.05, 3.63) is 59.0 Å². The van der Waals surface area contributed by atoms with Gasteiger partial charge in [0.15, 0.2) is 15.6 Å². The molecule has 2 aromatic heterocycles. The topological polar surface area (TPSA) is 55.1 Å². The van der Waals surface area contributed by atoms with Crippen LogP contribution in [0.25, 0.3) is 21.0 Å². The van der Waals surface area contributed by atoms with Crippen molar-refractivity contribution in [2.45, 2.75) is 0 Å². The Morgan fingerprint density at radius 1 is 1.14 bits per heavy atom. The minimum Gasteiger partial charge on any atom is -0.444 e. The van der Waals surface area contributed by atoms with Gasteiger partial charge in [-0.25, -0.2) is 4.98 Å². The molecule has 0 aliphatic carbocycles. The van der Waals surface area contributed by atoms with Crippen LogP contribution in [-0.2, 0) is 0 Å². The number of hydrogen-bond donors (Lipinski definition) is 1. The average Bonchev–Trinajstić information content (AvgIpc) is 3.13. The number of furan rings is 1. The van der Waals surface area contributed by atoms with Crippen molar-refractivity contribution in [3.63, 3.8) is 0 Å². The fourth-order valence-corrected chi connectivity index (χ4v) is 3.49. The van der Waals surface area contributed by atoms with Crippen LogP contribution in [0.1, 0.15) is 10.6 Å². The Balaban J connectivity index is 1.73. The minimum atomic E-state index is -0.311. The van der Waals surface area contributed by atoms with E-state index in [9.17, 15) is 4.79 Å².